The number of aromatic nitrogens is 2. The highest BCUT2D eigenvalue weighted by Crippen LogP contribution is 2.27. The van der Waals surface area contributed by atoms with Crippen LogP contribution in [0.5, 0.6) is 0 Å². The lowest BCUT2D eigenvalue weighted by Gasteiger charge is -2.26. The molecule has 0 saturated heterocycles. The van der Waals surface area contributed by atoms with Crippen LogP contribution in [0.1, 0.15) is 16.1 Å². The Balaban J connectivity index is 1.97. The van der Waals surface area contributed by atoms with Crippen LogP contribution in [0, 0.1) is 6.92 Å². The molecule has 0 atom stereocenters. The molecule has 6 nitrogen and oxygen atoms in total. The normalized spacial score (nSPS) is 15.9. The highest BCUT2D eigenvalue weighted by molar-refractivity contribution is 7.91. The maximum atomic E-state index is 12.6. The molecule has 0 spiro atoms. The highest BCUT2D eigenvalue weighted by atomic mass is 32.2. The number of hydrogen-bond acceptors (Lipinski definition) is 5. The Bertz CT molecular complexity index is 852. The van der Waals surface area contributed by atoms with E-state index in [9.17, 15) is 13.2 Å². The van der Waals surface area contributed by atoms with Crippen LogP contribution in [0.3, 0.4) is 0 Å². The first-order chi connectivity index (χ1) is 9.89. The van der Waals surface area contributed by atoms with Crippen LogP contribution in [-0.4, -0.2) is 28.8 Å². The van der Waals surface area contributed by atoms with Gasteiger partial charge in [-0.25, -0.2) is 13.4 Å². The fourth-order valence-electron chi connectivity index (χ4n) is 2.38. The van der Waals surface area contributed by atoms with E-state index < -0.39 is 10.0 Å². The Hall–Kier alpha value is -1.51. The fourth-order valence-corrected chi connectivity index (χ4v) is 5.22. The van der Waals surface area contributed by atoms with Crippen molar-refractivity contribution < 1.29 is 8.42 Å². The zero-order valence-corrected chi connectivity index (χ0v) is 13.4. The number of sulfonamides is 1. The monoisotopic (exact) mass is 325 g/mol. The summed E-state index contributed by atoms with van der Waals surface area (Å²) in [4.78, 5) is 17.2. The lowest BCUT2D eigenvalue weighted by Crippen LogP contribution is -2.39. The van der Waals surface area contributed by atoms with Crippen molar-refractivity contribution in [2.75, 3.05) is 6.54 Å². The number of fused-ring (bicyclic) bond motifs is 1. The molecule has 112 valence electrons. The average molecular weight is 325 g/mol. The summed E-state index contributed by atoms with van der Waals surface area (Å²) in [6.45, 7) is 2.35. The van der Waals surface area contributed by atoms with Gasteiger partial charge >= 0.3 is 0 Å². The van der Waals surface area contributed by atoms with E-state index in [1.54, 1.807) is 19.2 Å². The van der Waals surface area contributed by atoms with Gasteiger partial charge in [-0.15, -0.1) is 11.3 Å². The van der Waals surface area contributed by atoms with Crippen molar-refractivity contribution in [2.45, 2.75) is 24.1 Å². The molecule has 0 radical (unpaired) electrons. The minimum Gasteiger partial charge on any atom is -0.302 e. The second-order valence-corrected chi connectivity index (χ2v) is 8.49. The Morgan fingerprint density at radius 3 is 2.76 bits per heavy atom. The van der Waals surface area contributed by atoms with E-state index in [2.05, 4.69) is 4.98 Å². The molecule has 21 heavy (non-hydrogen) atoms. The second-order valence-electron chi connectivity index (χ2n) is 5.04. The zero-order chi connectivity index (χ0) is 15.2. The van der Waals surface area contributed by atoms with Crippen LogP contribution in [0.4, 0.5) is 0 Å². The first kappa shape index (κ1) is 14.4. The summed E-state index contributed by atoms with van der Waals surface area (Å²) in [5.74, 6) is 0. The molecule has 1 aliphatic rings. The van der Waals surface area contributed by atoms with Crippen molar-refractivity contribution in [1.29, 1.82) is 0 Å². The predicted molar refractivity (Wildman–Crippen MR) is 79.8 cm³/mol. The second kappa shape index (κ2) is 5.04. The van der Waals surface area contributed by atoms with E-state index >= 15 is 0 Å². The van der Waals surface area contributed by atoms with Gasteiger partial charge in [-0.2, -0.15) is 4.31 Å². The maximum absolute atomic E-state index is 12.6. The Kier molecular flexibility index (Phi) is 3.46. The SMILES string of the molecule is Cc1ccc(S(=O)(=O)N2CCc3c(ncn(C)c3=O)C2)s1. The lowest BCUT2D eigenvalue weighted by atomic mass is 10.1. The van der Waals surface area contributed by atoms with Crippen LogP contribution in [0.15, 0.2) is 27.5 Å². The molecule has 0 N–H and O–H groups in total. The van der Waals surface area contributed by atoms with Crippen molar-refractivity contribution in [3.63, 3.8) is 0 Å². The van der Waals surface area contributed by atoms with Gasteiger partial charge in [0.05, 0.1) is 18.6 Å². The van der Waals surface area contributed by atoms with E-state index in [1.807, 2.05) is 6.92 Å². The molecular weight excluding hydrogens is 310 g/mol. The van der Waals surface area contributed by atoms with Crippen molar-refractivity contribution >= 4 is 21.4 Å². The minimum absolute atomic E-state index is 0.0935. The molecule has 0 fully saturated rings. The summed E-state index contributed by atoms with van der Waals surface area (Å²) < 4.78 is 28.3. The number of aryl methyl sites for hydroxylation is 2. The third-order valence-corrected chi connectivity index (χ3v) is 6.87. The molecular formula is C13H15N3O3S2. The van der Waals surface area contributed by atoms with E-state index in [4.69, 9.17) is 0 Å². The molecule has 2 aromatic rings. The maximum Gasteiger partial charge on any atom is 0.256 e. The summed E-state index contributed by atoms with van der Waals surface area (Å²) in [6, 6.07) is 3.42. The summed E-state index contributed by atoms with van der Waals surface area (Å²) in [5.41, 5.74) is 1.08. The fraction of sp³-hybridized carbons (Fsp3) is 0.385. The van der Waals surface area contributed by atoms with Gasteiger partial charge in [0.25, 0.3) is 15.6 Å². The van der Waals surface area contributed by atoms with Crippen molar-refractivity contribution in [2.24, 2.45) is 7.05 Å². The highest BCUT2D eigenvalue weighted by Gasteiger charge is 2.31. The molecule has 3 heterocycles. The smallest absolute Gasteiger partial charge is 0.256 e. The lowest BCUT2D eigenvalue weighted by molar-refractivity contribution is 0.383. The quantitative estimate of drug-likeness (QED) is 0.822. The number of rotatable bonds is 2. The summed E-state index contributed by atoms with van der Waals surface area (Å²) in [7, 11) is -1.86. The van der Waals surface area contributed by atoms with E-state index in [1.165, 1.54) is 26.5 Å². The van der Waals surface area contributed by atoms with Crippen LogP contribution in [0.2, 0.25) is 0 Å². The summed E-state index contributed by atoms with van der Waals surface area (Å²) >= 11 is 1.26. The molecule has 0 saturated carbocycles. The summed E-state index contributed by atoms with van der Waals surface area (Å²) in [6.07, 6.45) is 1.84. The van der Waals surface area contributed by atoms with Crippen LogP contribution >= 0.6 is 11.3 Å². The van der Waals surface area contributed by atoms with Gasteiger partial charge in [-0.05, 0) is 25.5 Å². The zero-order valence-electron chi connectivity index (χ0n) is 11.7. The first-order valence-electron chi connectivity index (χ1n) is 6.49. The molecule has 0 bridgehead atoms. The Morgan fingerprint density at radius 1 is 1.33 bits per heavy atom. The number of nitrogens with zero attached hydrogens (tertiary/aromatic N) is 3. The van der Waals surface area contributed by atoms with Crippen molar-refractivity contribution in [3.8, 4) is 0 Å². The minimum atomic E-state index is -3.50. The van der Waals surface area contributed by atoms with Gasteiger partial charge in [0.1, 0.15) is 4.21 Å². The van der Waals surface area contributed by atoms with Crippen LogP contribution in [0.25, 0.3) is 0 Å². The number of hydrogen-bond donors (Lipinski definition) is 0. The van der Waals surface area contributed by atoms with E-state index in [0.29, 0.717) is 28.4 Å². The van der Waals surface area contributed by atoms with Crippen molar-refractivity contribution in [1.82, 2.24) is 13.9 Å². The third-order valence-electron chi connectivity index (χ3n) is 3.56. The molecule has 8 heteroatoms. The van der Waals surface area contributed by atoms with Gasteiger partial charge < -0.3 is 4.57 Å². The third kappa shape index (κ3) is 2.43. The molecule has 0 unspecified atom stereocenters. The predicted octanol–water partition coefficient (Wildman–Crippen LogP) is 0.897. The Morgan fingerprint density at radius 2 is 2.10 bits per heavy atom. The topological polar surface area (TPSA) is 72.3 Å². The van der Waals surface area contributed by atoms with Gasteiger partial charge in [-0.3, -0.25) is 4.79 Å². The van der Waals surface area contributed by atoms with Gasteiger partial charge in [0, 0.05) is 24.0 Å². The average Bonchev–Trinajstić information content (AvgIpc) is 2.90. The molecule has 0 aromatic carbocycles. The van der Waals surface area contributed by atoms with Crippen molar-refractivity contribution in [3.05, 3.63) is 44.9 Å². The standard InChI is InChI=1S/C13H15N3O3S2/c1-9-3-4-12(20-9)21(18,19)16-6-5-10-11(7-16)14-8-15(2)13(10)17/h3-4,8H,5-7H2,1-2H3. The van der Waals surface area contributed by atoms with E-state index in [-0.39, 0.29) is 12.1 Å². The molecule has 1 aliphatic heterocycles. The Labute approximate surface area is 126 Å². The van der Waals surface area contributed by atoms with E-state index in [0.717, 1.165) is 4.88 Å². The number of thiophene rings is 1. The first-order valence-corrected chi connectivity index (χ1v) is 8.75. The summed E-state index contributed by atoms with van der Waals surface area (Å²) in [5, 5.41) is 0. The van der Waals surface area contributed by atoms with Crippen LogP contribution in [-0.2, 0) is 30.0 Å². The molecule has 0 amide bonds. The molecule has 0 aliphatic carbocycles. The molecule has 3 rings (SSSR count). The molecule has 2 aromatic heterocycles. The largest absolute Gasteiger partial charge is 0.302 e. The van der Waals surface area contributed by atoms with Gasteiger partial charge in [0.15, 0.2) is 0 Å². The van der Waals surface area contributed by atoms with Crippen LogP contribution < -0.4 is 5.56 Å². The van der Waals surface area contributed by atoms with Gasteiger partial charge in [0.2, 0.25) is 0 Å². The van der Waals surface area contributed by atoms with Gasteiger partial charge in [-0.1, -0.05) is 0 Å².